The van der Waals surface area contributed by atoms with Crippen LogP contribution in [0.4, 0.5) is 13.2 Å². The topological polar surface area (TPSA) is 50.4 Å². The Kier molecular flexibility index (Phi) is 5.70. The lowest BCUT2D eigenvalue weighted by Gasteiger charge is -2.21. The van der Waals surface area contributed by atoms with Crippen molar-refractivity contribution in [2.24, 2.45) is 0 Å². The van der Waals surface area contributed by atoms with Crippen LogP contribution in [0.5, 0.6) is 5.75 Å². The quantitative estimate of drug-likeness (QED) is 0.841. The van der Waals surface area contributed by atoms with E-state index < -0.39 is 11.7 Å². The zero-order valence-corrected chi connectivity index (χ0v) is 14.8. The highest BCUT2D eigenvalue weighted by Gasteiger charge is 2.32. The molecule has 0 bridgehead atoms. The smallest absolute Gasteiger partial charge is 0.416 e. The summed E-state index contributed by atoms with van der Waals surface area (Å²) in [6.45, 7) is 1.19. The summed E-state index contributed by atoms with van der Waals surface area (Å²) < 4.78 is 43.3. The fourth-order valence-corrected chi connectivity index (χ4v) is 3.33. The Morgan fingerprint density at radius 3 is 2.59 bits per heavy atom. The average molecular weight is 378 g/mol. The molecule has 2 atom stereocenters. The van der Waals surface area contributed by atoms with Gasteiger partial charge < -0.3 is 15.4 Å². The van der Waals surface area contributed by atoms with Crippen molar-refractivity contribution in [3.05, 3.63) is 65.2 Å². The number of alkyl halides is 3. The number of nitrogens with one attached hydrogen (secondary N) is 2. The molecule has 7 heteroatoms. The average Bonchev–Trinajstić information content (AvgIpc) is 3.09. The highest BCUT2D eigenvalue weighted by Crippen LogP contribution is 2.31. The van der Waals surface area contributed by atoms with Gasteiger partial charge in [0.15, 0.2) is 0 Å². The first kappa shape index (κ1) is 19.2. The van der Waals surface area contributed by atoms with Gasteiger partial charge in [-0.2, -0.15) is 13.2 Å². The number of amides is 1. The summed E-state index contributed by atoms with van der Waals surface area (Å²) in [5.41, 5.74) is 0.944. The van der Waals surface area contributed by atoms with Crippen LogP contribution < -0.4 is 15.4 Å². The number of methoxy groups -OCH3 is 1. The second-order valence-electron chi connectivity index (χ2n) is 6.59. The van der Waals surface area contributed by atoms with E-state index in [1.54, 1.807) is 13.2 Å². The summed E-state index contributed by atoms with van der Waals surface area (Å²) in [7, 11) is 1.57. The lowest BCUT2D eigenvalue weighted by atomic mass is 9.93. The molecule has 3 rings (SSSR count). The van der Waals surface area contributed by atoms with Gasteiger partial charge in [-0.25, -0.2) is 0 Å². The molecule has 0 aromatic heterocycles. The van der Waals surface area contributed by atoms with Gasteiger partial charge in [-0.05, 0) is 35.4 Å². The lowest BCUT2D eigenvalue weighted by molar-refractivity contribution is -0.137. The van der Waals surface area contributed by atoms with E-state index in [4.69, 9.17) is 4.74 Å². The fraction of sp³-hybridized carbons (Fsp3) is 0.350. The van der Waals surface area contributed by atoms with Crippen molar-refractivity contribution in [1.82, 2.24) is 10.6 Å². The SMILES string of the molecule is COc1cccc(CC(=O)NC2CNCC2c2ccc(C(F)(F)F)cc2)c1. The zero-order valence-electron chi connectivity index (χ0n) is 14.8. The van der Waals surface area contributed by atoms with Crippen LogP contribution in [0.1, 0.15) is 22.6 Å². The van der Waals surface area contributed by atoms with Crippen molar-refractivity contribution in [3.63, 3.8) is 0 Å². The summed E-state index contributed by atoms with van der Waals surface area (Å²) in [5.74, 6) is 0.487. The van der Waals surface area contributed by atoms with Crippen molar-refractivity contribution in [1.29, 1.82) is 0 Å². The van der Waals surface area contributed by atoms with E-state index in [0.29, 0.717) is 18.8 Å². The van der Waals surface area contributed by atoms with Crippen LogP contribution in [0.25, 0.3) is 0 Å². The Balaban J connectivity index is 1.64. The van der Waals surface area contributed by atoms with Crippen molar-refractivity contribution in [3.8, 4) is 5.75 Å². The van der Waals surface area contributed by atoms with Gasteiger partial charge in [0.1, 0.15) is 5.75 Å². The maximum atomic E-state index is 12.7. The predicted molar refractivity (Wildman–Crippen MR) is 95.7 cm³/mol. The number of halogens is 3. The second kappa shape index (κ2) is 8.00. The maximum Gasteiger partial charge on any atom is 0.416 e. The van der Waals surface area contributed by atoms with E-state index >= 15 is 0 Å². The molecule has 2 aromatic carbocycles. The van der Waals surface area contributed by atoms with Gasteiger partial charge in [0, 0.05) is 25.0 Å². The Bertz CT molecular complexity index is 791. The third kappa shape index (κ3) is 4.80. The van der Waals surface area contributed by atoms with E-state index in [1.807, 2.05) is 18.2 Å². The van der Waals surface area contributed by atoms with Gasteiger partial charge in [0.05, 0.1) is 19.1 Å². The Morgan fingerprint density at radius 1 is 1.19 bits per heavy atom. The first-order valence-electron chi connectivity index (χ1n) is 8.67. The van der Waals surface area contributed by atoms with Gasteiger partial charge >= 0.3 is 6.18 Å². The number of carbonyl (C=O) groups is 1. The molecule has 1 fully saturated rings. The Morgan fingerprint density at radius 2 is 1.93 bits per heavy atom. The third-order valence-corrected chi connectivity index (χ3v) is 4.73. The molecule has 2 aromatic rings. The van der Waals surface area contributed by atoms with Crippen LogP contribution in [0.3, 0.4) is 0 Å². The normalized spacial score (nSPS) is 19.7. The summed E-state index contributed by atoms with van der Waals surface area (Å²) in [6, 6.07) is 12.3. The molecule has 0 saturated carbocycles. The van der Waals surface area contributed by atoms with Gasteiger partial charge in [0.25, 0.3) is 0 Å². The number of rotatable bonds is 5. The van der Waals surface area contributed by atoms with E-state index in [-0.39, 0.29) is 24.3 Å². The van der Waals surface area contributed by atoms with Gasteiger partial charge in [-0.3, -0.25) is 4.79 Å². The van der Waals surface area contributed by atoms with Crippen LogP contribution in [0.15, 0.2) is 48.5 Å². The molecule has 0 aliphatic carbocycles. The van der Waals surface area contributed by atoms with Gasteiger partial charge in [-0.15, -0.1) is 0 Å². The van der Waals surface area contributed by atoms with Crippen LogP contribution >= 0.6 is 0 Å². The van der Waals surface area contributed by atoms with Crippen LogP contribution in [-0.4, -0.2) is 32.1 Å². The molecule has 1 aliphatic heterocycles. The number of hydrogen-bond acceptors (Lipinski definition) is 3. The molecular weight excluding hydrogens is 357 g/mol. The number of benzene rings is 2. The number of hydrogen-bond donors (Lipinski definition) is 2. The van der Waals surface area contributed by atoms with E-state index in [0.717, 1.165) is 23.3 Å². The zero-order chi connectivity index (χ0) is 19.4. The highest BCUT2D eigenvalue weighted by atomic mass is 19.4. The molecule has 4 nitrogen and oxygen atoms in total. The van der Waals surface area contributed by atoms with Crippen molar-refractivity contribution in [2.75, 3.05) is 20.2 Å². The van der Waals surface area contributed by atoms with Crippen molar-refractivity contribution < 1.29 is 22.7 Å². The number of ether oxygens (including phenoxy) is 1. The molecule has 1 amide bonds. The van der Waals surface area contributed by atoms with Crippen molar-refractivity contribution in [2.45, 2.75) is 24.6 Å². The Labute approximate surface area is 155 Å². The van der Waals surface area contributed by atoms with Crippen LogP contribution in [0, 0.1) is 0 Å². The van der Waals surface area contributed by atoms with E-state index in [9.17, 15) is 18.0 Å². The van der Waals surface area contributed by atoms with E-state index in [2.05, 4.69) is 10.6 Å². The number of carbonyl (C=O) groups excluding carboxylic acids is 1. The molecule has 1 aliphatic rings. The fourth-order valence-electron chi connectivity index (χ4n) is 3.33. The van der Waals surface area contributed by atoms with Crippen LogP contribution in [0.2, 0.25) is 0 Å². The molecule has 27 heavy (non-hydrogen) atoms. The standard InChI is InChI=1S/C20H21F3N2O2/c1-27-16-4-2-3-13(9-16)10-19(26)25-18-12-24-11-17(18)14-5-7-15(8-6-14)20(21,22)23/h2-9,17-18,24H,10-12H2,1H3,(H,25,26). The third-order valence-electron chi connectivity index (χ3n) is 4.73. The van der Waals surface area contributed by atoms with Crippen molar-refractivity contribution >= 4 is 5.91 Å². The molecule has 0 radical (unpaired) electrons. The Hall–Kier alpha value is -2.54. The largest absolute Gasteiger partial charge is 0.497 e. The summed E-state index contributed by atoms with van der Waals surface area (Å²) in [5, 5.41) is 6.19. The molecule has 2 unspecified atom stereocenters. The molecule has 1 saturated heterocycles. The lowest BCUT2D eigenvalue weighted by Crippen LogP contribution is -2.40. The summed E-state index contributed by atoms with van der Waals surface area (Å²) in [6.07, 6.45) is -4.13. The van der Waals surface area contributed by atoms with Crippen LogP contribution in [-0.2, 0) is 17.4 Å². The van der Waals surface area contributed by atoms with Gasteiger partial charge in [0.2, 0.25) is 5.91 Å². The first-order valence-corrected chi connectivity index (χ1v) is 8.67. The highest BCUT2D eigenvalue weighted by molar-refractivity contribution is 5.79. The minimum Gasteiger partial charge on any atom is -0.497 e. The second-order valence-corrected chi connectivity index (χ2v) is 6.59. The molecule has 144 valence electrons. The molecular formula is C20H21F3N2O2. The predicted octanol–water partition coefficient (Wildman–Crippen LogP) is 3.13. The first-order chi connectivity index (χ1) is 12.9. The molecule has 0 spiro atoms. The molecule has 1 heterocycles. The maximum absolute atomic E-state index is 12.7. The molecule has 2 N–H and O–H groups in total. The summed E-state index contributed by atoms with van der Waals surface area (Å²) >= 11 is 0. The summed E-state index contributed by atoms with van der Waals surface area (Å²) in [4.78, 5) is 12.4. The minimum absolute atomic E-state index is 0.0680. The minimum atomic E-state index is -4.35. The van der Waals surface area contributed by atoms with Gasteiger partial charge in [-0.1, -0.05) is 24.3 Å². The van der Waals surface area contributed by atoms with E-state index in [1.165, 1.54) is 12.1 Å². The monoisotopic (exact) mass is 378 g/mol.